The van der Waals surface area contributed by atoms with Crippen LogP contribution in [-0.4, -0.2) is 33.7 Å². The van der Waals surface area contributed by atoms with Crippen molar-refractivity contribution in [1.82, 2.24) is 9.78 Å². The zero-order chi connectivity index (χ0) is 21.8. The van der Waals surface area contributed by atoms with Crippen LogP contribution in [0.4, 0.5) is 11.4 Å². The van der Waals surface area contributed by atoms with Gasteiger partial charge in [-0.2, -0.15) is 5.10 Å². The summed E-state index contributed by atoms with van der Waals surface area (Å²) < 4.78 is 6.26. The van der Waals surface area contributed by atoms with Crippen molar-refractivity contribution in [1.29, 1.82) is 0 Å². The first-order valence-corrected chi connectivity index (χ1v) is 9.08. The number of benzene rings is 2. The molecule has 9 nitrogen and oxygen atoms in total. The lowest BCUT2D eigenvalue weighted by molar-refractivity contribution is -0.386. The molecule has 2 aromatic carbocycles. The standard InChI is InChI=1S/C21H20N4O5/c1-13-19(25(28)29)14(2)24(23-13)12-15-8-4-5-9-16(15)20(26)22-18-11-7-6-10-17(18)21(27)30-3/h4-11H,12H2,1-3H3,(H,22,26). The summed E-state index contributed by atoms with van der Waals surface area (Å²) >= 11 is 0. The van der Waals surface area contributed by atoms with Crippen molar-refractivity contribution in [2.75, 3.05) is 12.4 Å². The van der Waals surface area contributed by atoms with Gasteiger partial charge in [0.25, 0.3) is 5.91 Å². The van der Waals surface area contributed by atoms with Gasteiger partial charge >= 0.3 is 11.7 Å². The summed E-state index contributed by atoms with van der Waals surface area (Å²) in [6, 6.07) is 13.4. The SMILES string of the molecule is COC(=O)c1ccccc1NC(=O)c1ccccc1Cn1nc(C)c([N+](=O)[O-])c1C. The number of hydrogen-bond acceptors (Lipinski definition) is 6. The number of methoxy groups -OCH3 is 1. The van der Waals surface area contributed by atoms with E-state index in [0.717, 1.165) is 0 Å². The van der Waals surface area contributed by atoms with E-state index in [1.807, 2.05) is 0 Å². The van der Waals surface area contributed by atoms with Gasteiger partial charge in [-0.3, -0.25) is 19.6 Å². The van der Waals surface area contributed by atoms with Gasteiger partial charge in [0.1, 0.15) is 11.4 Å². The summed E-state index contributed by atoms with van der Waals surface area (Å²) in [4.78, 5) is 35.7. The van der Waals surface area contributed by atoms with Crippen LogP contribution in [0.2, 0.25) is 0 Å². The number of nitrogens with zero attached hydrogens (tertiary/aromatic N) is 3. The maximum absolute atomic E-state index is 13.0. The molecule has 1 aromatic heterocycles. The molecule has 0 saturated heterocycles. The lowest BCUT2D eigenvalue weighted by Crippen LogP contribution is -2.18. The maximum Gasteiger partial charge on any atom is 0.339 e. The van der Waals surface area contributed by atoms with Crippen LogP contribution in [0.1, 0.15) is 37.7 Å². The van der Waals surface area contributed by atoms with E-state index in [0.29, 0.717) is 28.2 Å². The molecule has 1 heterocycles. The minimum Gasteiger partial charge on any atom is -0.465 e. The molecule has 1 amide bonds. The molecular weight excluding hydrogens is 388 g/mol. The van der Waals surface area contributed by atoms with E-state index in [9.17, 15) is 19.7 Å². The molecule has 154 valence electrons. The van der Waals surface area contributed by atoms with E-state index in [-0.39, 0.29) is 17.8 Å². The Hall–Kier alpha value is -4.01. The molecule has 0 aliphatic carbocycles. The Morgan fingerprint density at radius 3 is 2.37 bits per heavy atom. The molecule has 30 heavy (non-hydrogen) atoms. The minimum absolute atomic E-state index is 0.0380. The summed E-state index contributed by atoms with van der Waals surface area (Å²) in [5.74, 6) is -0.980. The highest BCUT2D eigenvalue weighted by Crippen LogP contribution is 2.24. The van der Waals surface area contributed by atoms with Gasteiger partial charge in [0.15, 0.2) is 0 Å². The summed E-state index contributed by atoms with van der Waals surface area (Å²) in [7, 11) is 1.27. The molecule has 3 rings (SSSR count). The number of ether oxygens (including phenoxy) is 1. The Labute approximate surface area is 172 Å². The number of carbonyl (C=O) groups excluding carboxylic acids is 2. The lowest BCUT2D eigenvalue weighted by atomic mass is 10.1. The van der Waals surface area contributed by atoms with Crippen LogP contribution in [0.25, 0.3) is 0 Å². The average Bonchev–Trinajstić information content (AvgIpc) is 3.01. The molecule has 0 saturated carbocycles. The van der Waals surface area contributed by atoms with Crippen molar-refractivity contribution >= 4 is 23.3 Å². The molecule has 0 aliphatic rings. The van der Waals surface area contributed by atoms with Gasteiger partial charge < -0.3 is 10.1 Å². The summed E-state index contributed by atoms with van der Waals surface area (Å²) in [5, 5.41) is 18.2. The second-order valence-corrected chi connectivity index (χ2v) is 6.58. The van der Waals surface area contributed by atoms with Gasteiger partial charge in [0, 0.05) is 5.56 Å². The number of amides is 1. The second kappa shape index (κ2) is 8.56. The predicted molar refractivity (Wildman–Crippen MR) is 110 cm³/mol. The Balaban J connectivity index is 1.92. The number of rotatable bonds is 6. The van der Waals surface area contributed by atoms with Crippen LogP contribution in [0, 0.1) is 24.0 Å². The van der Waals surface area contributed by atoms with Crippen LogP contribution in [-0.2, 0) is 11.3 Å². The Morgan fingerprint density at radius 2 is 1.73 bits per heavy atom. The maximum atomic E-state index is 13.0. The number of aryl methyl sites for hydroxylation is 1. The monoisotopic (exact) mass is 408 g/mol. The second-order valence-electron chi connectivity index (χ2n) is 6.58. The average molecular weight is 408 g/mol. The van der Waals surface area contributed by atoms with E-state index in [1.54, 1.807) is 62.4 Å². The Morgan fingerprint density at radius 1 is 1.10 bits per heavy atom. The third-order valence-corrected chi connectivity index (χ3v) is 4.69. The fraction of sp³-hybridized carbons (Fsp3) is 0.190. The van der Waals surface area contributed by atoms with E-state index < -0.39 is 16.8 Å². The minimum atomic E-state index is -0.561. The quantitative estimate of drug-likeness (QED) is 0.379. The first-order valence-electron chi connectivity index (χ1n) is 9.08. The van der Waals surface area contributed by atoms with Crippen molar-refractivity contribution in [2.45, 2.75) is 20.4 Å². The number of para-hydroxylation sites is 1. The van der Waals surface area contributed by atoms with E-state index in [1.165, 1.54) is 11.8 Å². The molecule has 0 fully saturated rings. The highest BCUT2D eigenvalue weighted by atomic mass is 16.6. The number of nitrogens with one attached hydrogen (secondary N) is 1. The molecule has 0 unspecified atom stereocenters. The Kier molecular flexibility index (Phi) is 5.91. The van der Waals surface area contributed by atoms with Gasteiger partial charge in [-0.15, -0.1) is 0 Å². The van der Waals surface area contributed by atoms with Gasteiger partial charge in [0.2, 0.25) is 0 Å². The zero-order valence-electron chi connectivity index (χ0n) is 16.7. The number of carbonyl (C=O) groups is 2. The highest BCUT2D eigenvalue weighted by molar-refractivity contribution is 6.08. The number of anilines is 1. The number of esters is 1. The molecule has 0 bridgehead atoms. The van der Waals surface area contributed by atoms with E-state index in [4.69, 9.17) is 4.74 Å². The molecule has 0 spiro atoms. The fourth-order valence-electron chi connectivity index (χ4n) is 3.22. The fourth-order valence-corrected chi connectivity index (χ4v) is 3.22. The number of aromatic nitrogens is 2. The van der Waals surface area contributed by atoms with Gasteiger partial charge in [-0.05, 0) is 37.6 Å². The van der Waals surface area contributed by atoms with Crippen LogP contribution < -0.4 is 5.32 Å². The van der Waals surface area contributed by atoms with Crippen molar-refractivity contribution in [3.63, 3.8) is 0 Å². The van der Waals surface area contributed by atoms with Crippen molar-refractivity contribution in [2.24, 2.45) is 0 Å². The molecule has 1 N–H and O–H groups in total. The number of hydrogen-bond donors (Lipinski definition) is 1. The number of nitro groups is 1. The predicted octanol–water partition coefficient (Wildman–Crippen LogP) is 3.50. The molecule has 3 aromatic rings. The smallest absolute Gasteiger partial charge is 0.339 e. The van der Waals surface area contributed by atoms with E-state index >= 15 is 0 Å². The van der Waals surface area contributed by atoms with Crippen LogP contribution >= 0.6 is 0 Å². The lowest BCUT2D eigenvalue weighted by Gasteiger charge is -2.13. The normalized spacial score (nSPS) is 10.5. The first kappa shape index (κ1) is 20.7. The molecule has 0 atom stereocenters. The highest BCUT2D eigenvalue weighted by Gasteiger charge is 2.23. The Bertz CT molecular complexity index is 1140. The summed E-state index contributed by atoms with van der Waals surface area (Å²) in [6.45, 7) is 3.38. The third kappa shape index (κ3) is 4.04. The van der Waals surface area contributed by atoms with Gasteiger partial charge in [0.05, 0.1) is 29.8 Å². The molecular formula is C21H20N4O5. The largest absolute Gasteiger partial charge is 0.465 e. The molecule has 0 aliphatic heterocycles. The van der Waals surface area contributed by atoms with Gasteiger partial charge in [-0.25, -0.2) is 4.79 Å². The van der Waals surface area contributed by atoms with Gasteiger partial charge in [-0.1, -0.05) is 30.3 Å². The third-order valence-electron chi connectivity index (χ3n) is 4.69. The van der Waals surface area contributed by atoms with Crippen molar-refractivity contribution < 1.29 is 19.2 Å². The molecule has 9 heteroatoms. The van der Waals surface area contributed by atoms with Crippen LogP contribution in [0.3, 0.4) is 0 Å². The summed E-state index contributed by atoms with van der Waals surface area (Å²) in [6.07, 6.45) is 0. The topological polar surface area (TPSA) is 116 Å². The summed E-state index contributed by atoms with van der Waals surface area (Å²) in [5.41, 5.74) is 2.24. The first-order chi connectivity index (χ1) is 14.3. The van der Waals surface area contributed by atoms with E-state index in [2.05, 4.69) is 10.4 Å². The zero-order valence-corrected chi connectivity index (χ0v) is 16.7. The molecule has 0 radical (unpaired) electrons. The van der Waals surface area contributed by atoms with Crippen LogP contribution in [0.15, 0.2) is 48.5 Å². The van der Waals surface area contributed by atoms with Crippen molar-refractivity contribution in [3.05, 3.63) is 86.7 Å². The van der Waals surface area contributed by atoms with Crippen molar-refractivity contribution in [3.8, 4) is 0 Å². The van der Waals surface area contributed by atoms with Crippen LogP contribution in [0.5, 0.6) is 0 Å².